The van der Waals surface area contributed by atoms with Gasteiger partial charge in [0.15, 0.2) is 0 Å². The van der Waals surface area contributed by atoms with Crippen molar-refractivity contribution in [2.45, 2.75) is 51.3 Å². The van der Waals surface area contributed by atoms with Crippen LogP contribution < -0.4 is 18.9 Å². The van der Waals surface area contributed by atoms with Gasteiger partial charge in [0.1, 0.15) is 23.0 Å². The summed E-state index contributed by atoms with van der Waals surface area (Å²) in [5.41, 5.74) is 4.24. The molecule has 5 rings (SSSR count). The van der Waals surface area contributed by atoms with Crippen molar-refractivity contribution in [1.82, 2.24) is 5.01 Å². The van der Waals surface area contributed by atoms with Crippen LogP contribution in [0.15, 0.2) is 71.8 Å². The minimum Gasteiger partial charge on any atom is -0.497 e. The Kier molecular flexibility index (Phi) is 7.31. The Morgan fingerprint density at radius 2 is 1.58 bits per heavy atom. The van der Waals surface area contributed by atoms with E-state index in [1.54, 1.807) is 14.2 Å². The highest BCUT2D eigenvalue weighted by molar-refractivity contribution is 6.02. The van der Waals surface area contributed by atoms with Crippen molar-refractivity contribution < 1.29 is 18.9 Å². The van der Waals surface area contributed by atoms with Gasteiger partial charge in [-0.1, -0.05) is 26.2 Å². The second-order valence-corrected chi connectivity index (χ2v) is 9.23. The molecule has 188 valence electrons. The summed E-state index contributed by atoms with van der Waals surface area (Å²) < 4.78 is 23.3. The lowest BCUT2D eigenvalue weighted by molar-refractivity contribution is -0.0191. The molecule has 6 heteroatoms. The quantitative estimate of drug-likeness (QED) is 0.292. The van der Waals surface area contributed by atoms with Gasteiger partial charge < -0.3 is 18.9 Å². The summed E-state index contributed by atoms with van der Waals surface area (Å²) in [7, 11) is 3.37. The summed E-state index contributed by atoms with van der Waals surface area (Å²) in [5, 5.41) is 7.15. The molecule has 2 aliphatic rings. The highest BCUT2D eigenvalue weighted by Crippen LogP contribution is 2.48. The van der Waals surface area contributed by atoms with Gasteiger partial charge in [-0.05, 0) is 78.7 Å². The summed E-state index contributed by atoms with van der Waals surface area (Å²) >= 11 is 0. The predicted octanol–water partition coefficient (Wildman–Crippen LogP) is 6.91. The number of nitrogens with zero attached hydrogens (tertiary/aromatic N) is 2. The Bertz CT molecular complexity index is 1190. The van der Waals surface area contributed by atoms with Crippen molar-refractivity contribution in [1.29, 1.82) is 0 Å². The number of methoxy groups -OCH3 is 2. The topological polar surface area (TPSA) is 52.5 Å². The molecule has 0 N–H and O–H groups in total. The highest BCUT2D eigenvalue weighted by Gasteiger charge is 2.41. The molecule has 0 radical (unpaired) electrons. The largest absolute Gasteiger partial charge is 0.497 e. The second-order valence-electron chi connectivity index (χ2n) is 9.23. The average molecular weight is 487 g/mol. The van der Waals surface area contributed by atoms with Crippen LogP contribution in [0.3, 0.4) is 0 Å². The van der Waals surface area contributed by atoms with E-state index in [0.29, 0.717) is 0 Å². The van der Waals surface area contributed by atoms with Crippen LogP contribution in [0, 0.1) is 0 Å². The Labute approximate surface area is 213 Å². The minimum atomic E-state index is -0.328. The lowest BCUT2D eigenvalue weighted by Gasteiger charge is -2.38. The monoisotopic (exact) mass is 486 g/mol. The highest BCUT2D eigenvalue weighted by atomic mass is 16.5. The molecule has 0 bridgehead atoms. The third kappa shape index (κ3) is 4.99. The number of hydrogen-bond donors (Lipinski definition) is 0. The summed E-state index contributed by atoms with van der Waals surface area (Å²) in [4.78, 5) is 0. The van der Waals surface area contributed by atoms with E-state index in [4.69, 9.17) is 24.0 Å². The fourth-order valence-electron chi connectivity index (χ4n) is 4.82. The first kappa shape index (κ1) is 24.0. The normalized spacial score (nSPS) is 18.1. The van der Waals surface area contributed by atoms with Gasteiger partial charge in [-0.3, -0.25) is 0 Å². The number of hydrogen-bond acceptors (Lipinski definition) is 6. The van der Waals surface area contributed by atoms with Crippen molar-refractivity contribution in [2.75, 3.05) is 20.8 Å². The van der Waals surface area contributed by atoms with E-state index in [1.807, 2.05) is 36.4 Å². The fraction of sp³-hybridized carbons (Fsp3) is 0.367. The Hall–Kier alpha value is -3.67. The maximum atomic E-state index is 6.52. The van der Waals surface area contributed by atoms with Crippen LogP contribution in [0.4, 0.5) is 0 Å². The molecule has 0 aromatic heterocycles. The minimum absolute atomic E-state index is 0.0560. The third-order valence-electron chi connectivity index (χ3n) is 6.85. The molecule has 6 nitrogen and oxygen atoms in total. The SMILES string of the molecule is CCCCCCOc1ccc([C@@H]2Oc3ccc(OC)cc3[C@H]3CC(c4ccc(OC)cc4)=NN32)cc1. The average Bonchev–Trinajstić information content (AvgIpc) is 3.38. The molecule has 0 amide bonds. The van der Waals surface area contributed by atoms with Gasteiger partial charge in [0, 0.05) is 17.5 Å². The molecule has 2 heterocycles. The number of ether oxygens (including phenoxy) is 4. The van der Waals surface area contributed by atoms with Gasteiger partial charge in [0.2, 0.25) is 6.23 Å². The van der Waals surface area contributed by atoms with E-state index >= 15 is 0 Å². The summed E-state index contributed by atoms with van der Waals surface area (Å²) in [5.74, 6) is 3.40. The molecular weight excluding hydrogens is 452 g/mol. The predicted molar refractivity (Wildman–Crippen MR) is 141 cm³/mol. The Morgan fingerprint density at radius 3 is 2.31 bits per heavy atom. The molecule has 3 aromatic carbocycles. The van der Waals surface area contributed by atoms with Gasteiger partial charge >= 0.3 is 0 Å². The Balaban J connectivity index is 1.40. The van der Waals surface area contributed by atoms with E-state index in [0.717, 1.165) is 64.8 Å². The van der Waals surface area contributed by atoms with Crippen LogP contribution in [0.25, 0.3) is 0 Å². The number of unbranched alkanes of at least 4 members (excludes halogenated alkanes) is 3. The van der Waals surface area contributed by atoms with E-state index in [9.17, 15) is 0 Å². The first-order valence-electron chi connectivity index (χ1n) is 12.8. The molecule has 36 heavy (non-hydrogen) atoms. The number of rotatable bonds is 10. The van der Waals surface area contributed by atoms with Crippen molar-refractivity contribution >= 4 is 5.71 Å². The molecule has 2 atom stereocenters. The molecule has 0 saturated carbocycles. The number of fused-ring (bicyclic) bond motifs is 3. The zero-order valence-electron chi connectivity index (χ0n) is 21.3. The molecule has 0 spiro atoms. The summed E-state index contributed by atoms with van der Waals surface area (Å²) in [6.45, 7) is 2.97. The van der Waals surface area contributed by atoms with Crippen LogP contribution in [0.2, 0.25) is 0 Å². The van der Waals surface area contributed by atoms with E-state index in [1.165, 1.54) is 19.3 Å². The smallest absolute Gasteiger partial charge is 0.213 e. The molecule has 3 aromatic rings. The van der Waals surface area contributed by atoms with Crippen LogP contribution in [0.5, 0.6) is 23.0 Å². The van der Waals surface area contributed by atoms with Crippen LogP contribution in [0.1, 0.15) is 68.0 Å². The van der Waals surface area contributed by atoms with Crippen LogP contribution in [-0.2, 0) is 0 Å². The molecular formula is C30H34N2O4. The van der Waals surface area contributed by atoms with Crippen molar-refractivity contribution in [3.05, 3.63) is 83.4 Å². The first-order valence-corrected chi connectivity index (χ1v) is 12.8. The maximum absolute atomic E-state index is 6.52. The summed E-state index contributed by atoms with van der Waals surface area (Å²) in [6, 6.07) is 22.3. The molecule has 0 fully saturated rings. The van der Waals surface area contributed by atoms with Crippen LogP contribution in [-0.4, -0.2) is 31.5 Å². The van der Waals surface area contributed by atoms with E-state index in [2.05, 4.69) is 42.3 Å². The molecule has 0 unspecified atom stereocenters. The van der Waals surface area contributed by atoms with E-state index < -0.39 is 0 Å². The van der Waals surface area contributed by atoms with Gasteiger partial charge in [-0.15, -0.1) is 0 Å². The zero-order valence-corrected chi connectivity index (χ0v) is 21.3. The van der Waals surface area contributed by atoms with Gasteiger partial charge in [-0.25, -0.2) is 5.01 Å². The summed E-state index contributed by atoms with van der Waals surface area (Å²) in [6.07, 6.45) is 5.23. The zero-order chi connectivity index (χ0) is 24.9. The van der Waals surface area contributed by atoms with Gasteiger partial charge in [0.05, 0.1) is 32.6 Å². The lowest BCUT2D eigenvalue weighted by atomic mass is 9.95. The van der Waals surface area contributed by atoms with Gasteiger partial charge in [0.25, 0.3) is 0 Å². The number of hydrazone groups is 1. The Morgan fingerprint density at radius 1 is 0.861 bits per heavy atom. The number of benzene rings is 3. The van der Waals surface area contributed by atoms with Crippen molar-refractivity contribution in [3.8, 4) is 23.0 Å². The lowest BCUT2D eigenvalue weighted by Crippen LogP contribution is -2.33. The maximum Gasteiger partial charge on any atom is 0.213 e. The second kappa shape index (κ2) is 10.9. The van der Waals surface area contributed by atoms with Gasteiger partial charge in [-0.2, -0.15) is 5.10 Å². The van der Waals surface area contributed by atoms with Crippen molar-refractivity contribution in [3.63, 3.8) is 0 Å². The first-order chi connectivity index (χ1) is 17.7. The molecule has 0 aliphatic carbocycles. The van der Waals surface area contributed by atoms with Crippen LogP contribution >= 0.6 is 0 Å². The fourth-order valence-corrected chi connectivity index (χ4v) is 4.82. The van der Waals surface area contributed by atoms with E-state index in [-0.39, 0.29) is 12.3 Å². The molecule has 2 aliphatic heterocycles. The third-order valence-corrected chi connectivity index (χ3v) is 6.85. The standard InChI is InChI=1S/C30H34N2O4/c1-4-5-6-7-18-35-24-14-10-22(11-15-24)30-32-28(26-19-25(34-3)16-17-29(26)36-30)20-27(31-32)21-8-12-23(33-2)13-9-21/h8-17,19,28,30H,4-7,18,20H2,1-3H3/t28-,30+/m1/s1. The van der Waals surface area contributed by atoms with Crippen molar-refractivity contribution in [2.24, 2.45) is 5.10 Å². The molecule has 0 saturated heterocycles.